The molecule has 1 amide bonds. The van der Waals surface area contributed by atoms with E-state index in [4.69, 9.17) is 0 Å². The molecule has 1 fully saturated rings. The largest absolute Gasteiger partial charge is 0.351 e. The molecule has 2 rings (SSSR count). The summed E-state index contributed by atoms with van der Waals surface area (Å²) in [7, 11) is -2.96. The first-order valence-corrected chi connectivity index (χ1v) is 9.35. The van der Waals surface area contributed by atoms with Gasteiger partial charge in [0.1, 0.15) is 5.01 Å². The SMILES string of the molecule is Cc1nnc(SC(C)C(=O)NC2CCS(=O)(=O)C2)s1. The highest BCUT2D eigenvalue weighted by molar-refractivity contribution is 8.02. The zero-order valence-electron chi connectivity index (χ0n) is 10.6. The maximum atomic E-state index is 12.0. The molecule has 0 bridgehead atoms. The third-order valence-corrected chi connectivity index (χ3v) is 6.52. The summed E-state index contributed by atoms with van der Waals surface area (Å²) in [4.78, 5) is 12.0. The molecule has 1 aromatic rings. The lowest BCUT2D eigenvalue weighted by molar-refractivity contribution is -0.120. The first kappa shape index (κ1) is 14.7. The molecule has 0 saturated carbocycles. The summed E-state index contributed by atoms with van der Waals surface area (Å²) in [6.45, 7) is 3.63. The number of carbonyl (C=O) groups excluding carboxylic acids is 1. The lowest BCUT2D eigenvalue weighted by Gasteiger charge is -2.14. The van der Waals surface area contributed by atoms with Crippen LogP contribution in [0.3, 0.4) is 0 Å². The van der Waals surface area contributed by atoms with Crippen LogP contribution in [-0.2, 0) is 14.6 Å². The fraction of sp³-hybridized carbons (Fsp3) is 0.700. The standard InChI is InChI=1S/C10H15N3O3S3/c1-6(17-10-13-12-7(2)18-10)9(14)11-8-3-4-19(15,16)5-8/h6,8H,3-5H2,1-2H3,(H,11,14). The Morgan fingerprint density at radius 2 is 2.26 bits per heavy atom. The Morgan fingerprint density at radius 1 is 1.53 bits per heavy atom. The van der Waals surface area contributed by atoms with Crippen molar-refractivity contribution >= 4 is 38.8 Å². The van der Waals surface area contributed by atoms with Crippen molar-refractivity contribution in [2.45, 2.75) is 35.9 Å². The lowest BCUT2D eigenvalue weighted by atomic mass is 10.2. The number of carbonyl (C=O) groups is 1. The number of rotatable bonds is 4. The van der Waals surface area contributed by atoms with Crippen LogP contribution in [0.4, 0.5) is 0 Å². The molecule has 6 nitrogen and oxygen atoms in total. The first-order valence-electron chi connectivity index (χ1n) is 5.83. The highest BCUT2D eigenvalue weighted by atomic mass is 32.2. The van der Waals surface area contributed by atoms with Gasteiger partial charge in [-0.25, -0.2) is 8.42 Å². The quantitative estimate of drug-likeness (QED) is 0.818. The van der Waals surface area contributed by atoms with Crippen molar-refractivity contribution < 1.29 is 13.2 Å². The van der Waals surface area contributed by atoms with Crippen LogP contribution < -0.4 is 5.32 Å². The van der Waals surface area contributed by atoms with E-state index in [1.165, 1.54) is 23.1 Å². The van der Waals surface area contributed by atoms with Crippen molar-refractivity contribution in [1.82, 2.24) is 15.5 Å². The van der Waals surface area contributed by atoms with E-state index < -0.39 is 9.84 Å². The number of sulfone groups is 1. The first-order chi connectivity index (χ1) is 8.85. The van der Waals surface area contributed by atoms with E-state index >= 15 is 0 Å². The van der Waals surface area contributed by atoms with Gasteiger partial charge in [0, 0.05) is 6.04 Å². The van der Waals surface area contributed by atoms with E-state index in [1.54, 1.807) is 6.92 Å². The van der Waals surface area contributed by atoms with Crippen LogP contribution in [0.2, 0.25) is 0 Å². The highest BCUT2D eigenvalue weighted by Crippen LogP contribution is 2.26. The summed E-state index contributed by atoms with van der Waals surface area (Å²) >= 11 is 2.78. The molecule has 1 saturated heterocycles. The van der Waals surface area contributed by atoms with Crippen molar-refractivity contribution in [3.63, 3.8) is 0 Å². The van der Waals surface area contributed by atoms with Gasteiger partial charge in [0.25, 0.3) is 0 Å². The molecular weight excluding hydrogens is 306 g/mol. The molecule has 2 unspecified atom stereocenters. The number of hydrogen-bond donors (Lipinski definition) is 1. The van der Waals surface area contributed by atoms with Crippen LogP contribution in [0, 0.1) is 6.92 Å². The zero-order chi connectivity index (χ0) is 14.0. The topological polar surface area (TPSA) is 89.0 Å². The monoisotopic (exact) mass is 321 g/mol. The number of aryl methyl sites for hydroxylation is 1. The third kappa shape index (κ3) is 4.15. The normalized spacial score (nSPS) is 23.2. The van der Waals surface area contributed by atoms with E-state index in [-0.39, 0.29) is 28.7 Å². The van der Waals surface area contributed by atoms with E-state index in [1.807, 2.05) is 6.92 Å². The maximum Gasteiger partial charge on any atom is 0.233 e. The molecule has 9 heteroatoms. The van der Waals surface area contributed by atoms with Crippen molar-refractivity contribution in [3.8, 4) is 0 Å². The van der Waals surface area contributed by atoms with Crippen LogP contribution in [0.15, 0.2) is 4.34 Å². The Hall–Kier alpha value is -0.670. The van der Waals surface area contributed by atoms with Crippen LogP contribution >= 0.6 is 23.1 Å². The van der Waals surface area contributed by atoms with Crippen LogP contribution in [-0.4, -0.2) is 47.3 Å². The third-order valence-electron chi connectivity index (χ3n) is 2.73. The van der Waals surface area contributed by atoms with Crippen LogP contribution in [0.5, 0.6) is 0 Å². The van der Waals surface area contributed by atoms with Gasteiger partial charge in [0.15, 0.2) is 14.2 Å². The molecular formula is C10H15N3O3S3. The van der Waals surface area contributed by atoms with Gasteiger partial charge in [-0.15, -0.1) is 10.2 Å². The average Bonchev–Trinajstić information content (AvgIpc) is 2.85. The van der Waals surface area contributed by atoms with Gasteiger partial charge in [0.05, 0.1) is 16.8 Å². The van der Waals surface area contributed by atoms with Crippen molar-refractivity contribution in [2.24, 2.45) is 0 Å². The Balaban J connectivity index is 1.86. The summed E-state index contributed by atoms with van der Waals surface area (Å²) in [6, 6.07) is -0.253. The molecule has 0 spiro atoms. The minimum absolute atomic E-state index is 0.0496. The molecule has 19 heavy (non-hydrogen) atoms. The fourth-order valence-corrected chi connectivity index (χ4v) is 5.40. The number of thioether (sulfide) groups is 1. The average molecular weight is 321 g/mol. The molecule has 1 N–H and O–H groups in total. The molecule has 2 heterocycles. The smallest absolute Gasteiger partial charge is 0.233 e. The second-order valence-corrected chi connectivity index (χ2v) is 9.45. The molecule has 106 valence electrons. The minimum atomic E-state index is -2.96. The van der Waals surface area contributed by atoms with E-state index in [0.717, 1.165) is 9.35 Å². The predicted molar refractivity (Wildman–Crippen MR) is 75.2 cm³/mol. The van der Waals surface area contributed by atoms with Gasteiger partial charge in [-0.1, -0.05) is 23.1 Å². The molecule has 1 aliphatic heterocycles. The Morgan fingerprint density at radius 3 is 2.79 bits per heavy atom. The minimum Gasteiger partial charge on any atom is -0.351 e. The molecule has 0 aromatic carbocycles. The molecule has 0 radical (unpaired) electrons. The van der Waals surface area contributed by atoms with Crippen molar-refractivity contribution in [2.75, 3.05) is 11.5 Å². The van der Waals surface area contributed by atoms with E-state index in [2.05, 4.69) is 15.5 Å². The Kier molecular flexibility index (Phi) is 4.46. The number of nitrogens with one attached hydrogen (secondary N) is 1. The second kappa shape index (κ2) is 5.76. The van der Waals surface area contributed by atoms with E-state index in [0.29, 0.717) is 6.42 Å². The summed E-state index contributed by atoms with van der Waals surface area (Å²) in [6.07, 6.45) is 0.503. The number of hydrogen-bond acceptors (Lipinski definition) is 7. The van der Waals surface area contributed by atoms with Crippen LogP contribution in [0.1, 0.15) is 18.4 Å². The summed E-state index contributed by atoms with van der Waals surface area (Å²) in [5, 5.41) is 11.2. The molecule has 2 atom stereocenters. The van der Waals surface area contributed by atoms with Gasteiger partial charge in [-0.3, -0.25) is 4.79 Å². The molecule has 1 aliphatic rings. The van der Waals surface area contributed by atoms with Gasteiger partial charge >= 0.3 is 0 Å². The number of aromatic nitrogens is 2. The maximum absolute atomic E-state index is 12.0. The van der Waals surface area contributed by atoms with Crippen molar-refractivity contribution in [3.05, 3.63) is 5.01 Å². The summed E-state index contributed by atoms with van der Waals surface area (Å²) in [5.41, 5.74) is 0. The molecule has 0 aliphatic carbocycles. The number of amides is 1. The van der Waals surface area contributed by atoms with Gasteiger partial charge in [0.2, 0.25) is 5.91 Å². The van der Waals surface area contributed by atoms with Gasteiger partial charge in [-0.05, 0) is 20.3 Å². The Bertz CT molecular complexity index is 570. The number of nitrogens with zero attached hydrogens (tertiary/aromatic N) is 2. The fourth-order valence-electron chi connectivity index (χ4n) is 1.76. The summed E-state index contributed by atoms with van der Waals surface area (Å²) in [5.74, 6) is 0.0586. The van der Waals surface area contributed by atoms with Gasteiger partial charge in [-0.2, -0.15) is 0 Å². The second-order valence-electron chi connectivity index (χ2n) is 4.46. The zero-order valence-corrected chi connectivity index (χ0v) is 13.1. The van der Waals surface area contributed by atoms with Gasteiger partial charge < -0.3 is 5.32 Å². The highest BCUT2D eigenvalue weighted by Gasteiger charge is 2.30. The summed E-state index contributed by atoms with van der Waals surface area (Å²) < 4.78 is 23.4. The predicted octanol–water partition coefficient (Wildman–Crippen LogP) is 0.630. The van der Waals surface area contributed by atoms with Crippen LogP contribution in [0.25, 0.3) is 0 Å². The Labute approximate surface area is 120 Å². The molecule has 1 aromatic heterocycles. The van der Waals surface area contributed by atoms with Crippen molar-refractivity contribution in [1.29, 1.82) is 0 Å². The lowest BCUT2D eigenvalue weighted by Crippen LogP contribution is -2.39. The van der Waals surface area contributed by atoms with E-state index in [9.17, 15) is 13.2 Å².